The Morgan fingerprint density at radius 2 is 1.86 bits per heavy atom. The lowest BCUT2D eigenvalue weighted by atomic mass is 10.2. The van der Waals surface area contributed by atoms with Gasteiger partial charge in [0.1, 0.15) is 10.1 Å². The molecule has 0 unspecified atom stereocenters. The summed E-state index contributed by atoms with van der Waals surface area (Å²) >= 11 is 7.04. The number of nitrogens with one attached hydrogen (secondary N) is 3. The van der Waals surface area contributed by atoms with E-state index in [1.807, 2.05) is 24.3 Å². The van der Waals surface area contributed by atoms with Gasteiger partial charge < -0.3 is 25.6 Å². The second-order valence-electron chi connectivity index (χ2n) is 7.57. The molecule has 1 aromatic heterocycles. The van der Waals surface area contributed by atoms with Crippen LogP contribution in [0.4, 0.5) is 33.2 Å². The third-order valence-electron chi connectivity index (χ3n) is 5.03. The molecule has 37 heavy (non-hydrogen) atoms. The molecule has 0 spiro atoms. The zero-order chi connectivity index (χ0) is 26.6. The molecule has 8 nitrogen and oxygen atoms in total. The van der Waals surface area contributed by atoms with Crippen LogP contribution in [0.15, 0.2) is 67.4 Å². The van der Waals surface area contributed by atoms with Crippen LogP contribution < -0.4 is 20.7 Å². The molecule has 0 fully saturated rings. The number of nitrogens with zero attached hydrogens (tertiary/aromatic N) is 3. The fourth-order valence-electron chi connectivity index (χ4n) is 3.14. The molecule has 0 saturated heterocycles. The molecule has 194 valence electrons. The molecule has 3 rings (SSSR count). The lowest BCUT2D eigenvalue weighted by Crippen LogP contribution is -2.27. The van der Waals surface area contributed by atoms with Gasteiger partial charge in [0.05, 0.1) is 12.8 Å². The average molecular weight is 541 g/mol. The summed E-state index contributed by atoms with van der Waals surface area (Å²) in [6, 6.07) is 14.1. The highest BCUT2D eigenvalue weighted by atomic mass is 32.2. The largest absolute Gasteiger partial charge is 0.493 e. The van der Waals surface area contributed by atoms with Gasteiger partial charge in [-0.2, -0.15) is 4.98 Å². The number of carbonyl (C=O) groups excluding carboxylic acids is 1. The maximum absolute atomic E-state index is 14.4. The Balaban J connectivity index is 1.55. The number of rotatable bonds is 12. The highest BCUT2D eigenvalue weighted by molar-refractivity contribution is 8.22. The zero-order valence-electron chi connectivity index (χ0n) is 20.7. The van der Waals surface area contributed by atoms with Crippen LogP contribution in [0.2, 0.25) is 0 Å². The van der Waals surface area contributed by atoms with Crippen molar-refractivity contribution in [1.29, 1.82) is 0 Å². The van der Waals surface area contributed by atoms with Crippen molar-refractivity contribution in [2.45, 2.75) is 13.8 Å². The van der Waals surface area contributed by atoms with Gasteiger partial charge in [0, 0.05) is 35.9 Å². The summed E-state index contributed by atoms with van der Waals surface area (Å²) in [5.41, 5.74) is 1.80. The number of aromatic nitrogens is 2. The molecule has 3 aromatic rings. The minimum absolute atomic E-state index is 0.00947. The maximum atomic E-state index is 14.4. The number of hydrogen-bond acceptors (Lipinski definition) is 8. The number of amides is 1. The summed E-state index contributed by atoms with van der Waals surface area (Å²) < 4.78 is 21.1. The van der Waals surface area contributed by atoms with Crippen LogP contribution in [0.3, 0.4) is 0 Å². The highest BCUT2D eigenvalue weighted by Gasteiger charge is 2.09. The normalized spacial score (nSPS) is 10.4. The number of carbonyl (C=O) groups is 1. The lowest BCUT2D eigenvalue weighted by Gasteiger charge is -2.20. The van der Waals surface area contributed by atoms with E-state index in [0.717, 1.165) is 40.8 Å². The van der Waals surface area contributed by atoms with Crippen molar-refractivity contribution in [3.8, 4) is 5.75 Å². The van der Waals surface area contributed by atoms with E-state index in [0.29, 0.717) is 18.0 Å². The summed E-state index contributed by atoms with van der Waals surface area (Å²) in [6.45, 7) is 9.93. The molecule has 0 aliphatic rings. The number of halogens is 1. The molecule has 0 aliphatic carbocycles. The van der Waals surface area contributed by atoms with Gasteiger partial charge in [-0.3, -0.25) is 4.79 Å². The van der Waals surface area contributed by atoms with Crippen molar-refractivity contribution in [2.24, 2.45) is 0 Å². The fraction of sp³-hybridized carbons (Fsp3) is 0.231. The van der Waals surface area contributed by atoms with E-state index < -0.39 is 5.82 Å². The topological polar surface area (TPSA) is 91.4 Å². The quantitative estimate of drug-likeness (QED) is 0.146. The number of benzene rings is 2. The number of thiocarbonyl (C=S) groups is 1. The van der Waals surface area contributed by atoms with Crippen molar-refractivity contribution < 1.29 is 13.9 Å². The van der Waals surface area contributed by atoms with E-state index in [1.54, 1.807) is 36.0 Å². The third kappa shape index (κ3) is 8.72. The van der Waals surface area contributed by atoms with Crippen molar-refractivity contribution in [2.75, 3.05) is 41.4 Å². The summed E-state index contributed by atoms with van der Waals surface area (Å²) in [4.78, 5) is 21.9. The predicted molar refractivity (Wildman–Crippen MR) is 154 cm³/mol. The molecule has 1 amide bonds. The van der Waals surface area contributed by atoms with Gasteiger partial charge >= 0.3 is 0 Å². The number of ether oxygens (including phenoxy) is 1. The summed E-state index contributed by atoms with van der Waals surface area (Å²) in [5, 5.41) is 8.63. The van der Waals surface area contributed by atoms with E-state index in [2.05, 4.69) is 51.2 Å². The minimum atomic E-state index is -0.617. The van der Waals surface area contributed by atoms with Crippen molar-refractivity contribution in [1.82, 2.24) is 14.9 Å². The molecular weight excluding hydrogens is 511 g/mol. The number of anilines is 5. The molecule has 0 aliphatic heterocycles. The third-order valence-corrected chi connectivity index (χ3v) is 6.52. The Labute approximate surface area is 225 Å². The predicted octanol–water partition coefficient (Wildman–Crippen LogP) is 5.97. The Hall–Kier alpha value is -3.70. The molecule has 0 bridgehead atoms. The lowest BCUT2D eigenvalue weighted by molar-refractivity contribution is -0.111. The van der Waals surface area contributed by atoms with Gasteiger partial charge in [-0.05, 0) is 62.4 Å². The Morgan fingerprint density at radius 1 is 1.14 bits per heavy atom. The molecule has 2 aromatic carbocycles. The van der Waals surface area contributed by atoms with E-state index >= 15 is 0 Å². The highest BCUT2D eigenvalue weighted by Crippen LogP contribution is 2.23. The minimum Gasteiger partial charge on any atom is -0.493 e. The maximum Gasteiger partial charge on any atom is 0.247 e. The van der Waals surface area contributed by atoms with Gasteiger partial charge in [0.2, 0.25) is 11.9 Å². The average Bonchev–Trinajstić information content (AvgIpc) is 2.90. The summed E-state index contributed by atoms with van der Waals surface area (Å²) in [5.74, 6) is 0.739. The first-order valence-electron chi connectivity index (χ1n) is 11.7. The van der Waals surface area contributed by atoms with Gasteiger partial charge in [-0.1, -0.05) is 36.6 Å². The first-order valence-corrected chi connectivity index (χ1v) is 13.1. The van der Waals surface area contributed by atoms with Gasteiger partial charge in [-0.25, -0.2) is 9.37 Å². The van der Waals surface area contributed by atoms with Crippen LogP contribution in [0, 0.1) is 5.82 Å². The standard InChI is InChI=1S/C26H29FN6O2S2/c1-4-23(34)29-19-8-7-9-20(16-19)30-24-22(27)17-28-25(32-24)31-18-10-12-21(13-11-18)35-14-15-37-26(36)33(5-2)6-3/h4,7-13,16-17H,1,5-6,14-15H2,2-3H3,(H,29,34)(H2,28,30,31,32). The van der Waals surface area contributed by atoms with Gasteiger partial charge in [0.25, 0.3) is 0 Å². The SMILES string of the molecule is C=CC(=O)Nc1cccc(Nc2nc(Nc3ccc(OCCSC(=S)N(CC)CC)cc3)ncc2F)c1. The molecule has 0 radical (unpaired) electrons. The first-order chi connectivity index (χ1) is 17.9. The molecule has 0 saturated carbocycles. The Kier molecular flexibility index (Phi) is 10.7. The van der Waals surface area contributed by atoms with Crippen LogP contribution in [0.5, 0.6) is 5.75 Å². The monoisotopic (exact) mass is 540 g/mol. The second-order valence-corrected chi connectivity index (χ2v) is 9.30. The Morgan fingerprint density at radius 3 is 2.57 bits per heavy atom. The van der Waals surface area contributed by atoms with E-state index in [4.69, 9.17) is 17.0 Å². The molecule has 11 heteroatoms. The van der Waals surface area contributed by atoms with Crippen molar-refractivity contribution in [3.05, 3.63) is 73.2 Å². The molecule has 1 heterocycles. The van der Waals surface area contributed by atoms with Crippen LogP contribution in [-0.2, 0) is 4.79 Å². The zero-order valence-corrected chi connectivity index (χ0v) is 22.3. The van der Waals surface area contributed by atoms with Crippen LogP contribution >= 0.6 is 24.0 Å². The van der Waals surface area contributed by atoms with Crippen LogP contribution in [0.1, 0.15) is 13.8 Å². The fourth-order valence-corrected chi connectivity index (χ4v) is 4.44. The molecule has 0 atom stereocenters. The van der Waals surface area contributed by atoms with Gasteiger partial charge in [-0.15, -0.1) is 0 Å². The van der Waals surface area contributed by atoms with Crippen molar-refractivity contribution >= 4 is 63.0 Å². The van der Waals surface area contributed by atoms with Crippen LogP contribution in [-0.4, -0.2) is 50.5 Å². The summed E-state index contributed by atoms with van der Waals surface area (Å²) in [7, 11) is 0. The second kappa shape index (κ2) is 14.1. The Bertz CT molecular complexity index is 1220. The first kappa shape index (κ1) is 27.9. The smallest absolute Gasteiger partial charge is 0.247 e. The number of hydrogen-bond donors (Lipinski definition) is 3. The van der Waals surface area contributed by atoms with Crippen molar-refractivity contribution in [3.63, 3.8) is 0 Å². The van der Waals surface area contributed by atoms with Crippen LogP contribution in [0.25, 0.3) is 0 Å². The molecule has 3 N–H and O–H groups in total. The van der Waals surface area contributed by atoms with E-state index in [9.17, 15) is 9.18 Å². The number of thioether (sulfide) groups is 1. The summed E-state index contributed by atoms with van der Waals surface area (Å²) in [6.07, 6.45) is 2.25. The van der Waals surface area contributed by atoms with Gasteiger partial charge in [0.15, 0.2) is 11.6 Å². The van der Waals surface area contributed by atoms with E-state index in [-0.39, 0.29) is 17.7 Å². The molecular formula is C26H29FN6O2S2. The van der Waals surface area contributed by atoms with E-state index in [1.165, 1.54) is 6.08 Å².